The molecule has 1 fully saturated rings. The fourth-order valence-corrected chi connectivity index (χ4v) is 5.11. The van der Waals surface area contributed by atoms with Crippen LogP contribution in [0.5, 0.6) is 0 Å². The Morgan fingerprint density at radius 3 is 3.08 bits per heavy atom. The Labute approximate surface area is 147 Å². The topological polar surface area (TPSA) is 49.0 Å². The van der Waals surface area contributed by atoms with Crippen LogP contribution in [0.4, 0.5) is 0 Å². The first-order valence-corrected chi connectivity index (χ1v) is 9.77. The number of amides is 1. The number of fused-ring (bicyclic) bond motifs is 1. The summed E-state index contributed by atoms with van der Waals surface area (Å²) in [6.07, 6.45) is 3.24. The molecule has 5 heteroatoms. The van der Waals surface area contributed by atoms with E-state index in [0.29, 0.717) is 5.92 Å². The van der Waals surface area contributed by atoms with Gasteiger partial charge in [-0.15, -0.1) is 11.8 Å². The quantitative estimate of drug-likeness (QED) is 0.910. The number of rotatable bonds is 2. The normalized spacial score (nSPS) is 23.8. The van der Waals surface area contributed by atoms with E-state index in [-0.39, 0.29) is 11.2 Å². The summed E-state index contributed by atoms with van der Waals surface area (Å²) in [5, 5.41) is 7.41. The largest absolute Gasteiger partial charge is 0.341 e. The summed E-state index contributed by atoms with van der Waals surface area (Å²) in [6, 6.07) is 10.5. The summed E-state index contributed by atoms with van der Waals surface area (Å²) in [6.45, 7) is 3.69. The lowest BCUT2D eigenvalue weighted by atomic mass is 9.93. The highest BCUT2D eigenvalue weighted by atomic mass is 32.2. The van der Waals surface area contributed by atoms with Gasteiger partial charge in [-0.05, 0) is 49.1 Å². The third-order valence-corrected chi connectivity index (χ3v) is 6.32. The molecular formula is C19H23N3OS. The van der Waals surface area contributed by atoms with Crippen LogP contribution in [-0.2, 0) is 11.2 Å². The van der Waals surface area contributed by atoms with Gasteiger partial charge in [-0.1, -0.05) is 24.3 Å². The molecule has 4 rings (SSSR count). The second kappa shape index (κ2) is 6.63. The second-order valence-electron chi connectivity index (χ2n) is 6.80. The van der Waals surface area contributed by atoms with Gasteiger partial charge >= 0.3 is 0 Å². The third-order valence-electron chi connectivity index (χ3n) is 5.09. The molecule has 1 amide bonds. The van der Waals surface area contributed by atoms with Crippen molar-refractivity contribution in [1.82, 2.24) is 15.1 Å². The Kier molecular flexibility index (Phi) is 4.35. The zero-order valence-electron chi connectivity index (χ0n) is 14.0. The molecular weight excluding hydrogens is 318 g/mol. The van der Waals surface area contributed by atoms with Crippen LogP contribution in [0, 0.1) is 6.92 Å². The number of aryl methyl sites for hydroxylation is 2. The first kappa shape index (κ1) is 15.8. The third kappa shape index (κ3) is 2.97. The number of H-pyrrole nitrogens is 1. The highest BCUT2D eigenvalue weighted by Gasteiger charge is 2.33. The minimum atomic E-state index is -0.0328. The molecule has 24 heavy (non-hydrogen) atoms. The summed E-state index contributed by atoms with van der Waals surface area (Å²) in [5.74, 6) is 1.67. The highest BCUT2D eigenvalue weighted by molar-refractivity contribution is 8.00. The van der Waals surface area contributed by atoms with Gasteiger partial charge in [0.15, 0.2) is 0 Å². The molecule has 2 aromatic rings. The Morgan fingerprint density at radius 2 is 2.25 bits per heavy atom. The van der Waals surface area contributed by atoms with E-state index in [1.54, 1.807) is 11.8 Å². The zero-order valence-corrected chi connectivity index (χ0v) is 14.8. The Morgan fingerprint density at radius 1 is 1.38 bits per heavy atom. The lowest BCUT2D eigenvalue weighted by Crippen LogP contribution is -2.41. The van der Waals surface area contributed by atoms with Crippen molar-refractivity contribution < 1.29 is 4.79 Å². The number of carbonyl (C=O) groups is 1. The molecule has 1 N–H and O–H groups in total. The molecule has 0 unspecified atom stereocenters. The number of benzene rings is 1. The zero-order chi connectivity index (χ0) is 16.5. The van der Waals surface area contributed by atoms with Gasteiger partial charge in [0, 0.05) is 24.7 Å². The number of aromatic amines is 1. The van der Waals surface area contributed by atoms with Crippen LogP contribution < -0.4 is 0 Å². The molecule has 2 atom stereocenters. The van der Waals surface area contributed by atoms with Gasteiger partial charge in [0.2, 0.25) is 5.91 Å². The summed E-state index contributed by atoms with van der Waals surface area (Å²) < 4.78 is 0. The maximum Gasteiger partial charge on any atom is 0.240 e. The maximum atomic E-state index is 13.2. The van der Waals surface area contributed by atoms with E-state index >= 15 is 0 Å². The number of piperidine rings is 1. The number of likely N-dealkylation sites (tertiary alicyclic amines) is 1. The van der Waals surface area contributed by atoms with E-state index in [2.05, 4.69) is 45.4 Å². The molecule has 1 aromatic carbocycles. The summed E-state index contributed by atoms with van der Waals surface area (Å²) in [5.41, 5.74) is 4.74. The van der Waals surface area contributed by atoms with Gasteiger partial charge in [-0.3, -0.25) is 9.89 Å². The smallest absolute Gasteiger partial charge is 0.240 e. The standard InChI is InChI=1S/C19H23N3OS/c1-13-11-17(21-20-13)15-6-4-9-22(12-15)19(23)18-16-7-3-2-5-14(16)8-10-24-18/h2-3,5,7,11,15,18H,4,6,8-10,12H2,1H3,(H,20,21)/t15-,18+/m0/s1. The van der Waals surface area contributed by atoms with Crippen molar-refractivity contribution >= 4 is 17.7 Å². The molecule has 126 valence electrons. The Hall–Kier alpha value is -1.75. The van der Waals surface area contributed by atoms with Gasteiger partial charge in [-0.25, -0.2) is 0 Å². The second-order valence-corrected chi connectivity index (χ2v) is 8.01. The van der Waals surface area contributed by atoms with Crippen LogP contribution >= 0.6 is 11.8 Å². The van der Waals surface area contributed by atoms with Gasteiger partial charge in [0.05, 0.1) is 5.69 Å². The van der Waals surface area contributed by atoms with E-state index in [1.807, 2.05) is 6.92 Å². The van der Waals surface area contributed by atoms with Crippen LogP contribution in [0.2, 0.25) is 0 Å². The average Bonchev–Trinajstić information content (AvgIpc) is 3.07. The minimum absolute atomic E-state index is 0.0328. The van der Waals surface area contributed by atoms with Crippen molar-refractivity contribution in [2.45, 2.75) is 37.4 Å². The summed E-state index contributed by atoms with van der Waals surface area (Å²) in [4.78, 5) is 15.2. The number of carbonyl (C=O) groups excluding carboxylic acids is 1. The number of hydrogen-bond acceptors (Lipinski definition) is 3. The Bertz CT molecular complexity index is 742. The number of nitrogens with zero attached hydrogens (tertiary/aromatic N) is 2. The van der Waals surface area contributed by atoms with Crippen LogP contribution in [0.25, 0.3) is 0 Å². The van der Waals surface area contributed by atoms with E-state index in [4.69, 9.17) is 0 Å². The number of hydrogen-bond donors (Lipinski definition) is 1. The fourth-order valence-electron chi connectivity index (χ4n) is 3.83. The number of thioether (sulfide) groups is 1. The van der Waals surface area contributed by atoms with E-state index in [9.17, 15) is 4.79 Å². The minimum Gasteiger partial charge on any atom is -0.341 e. The molecule has 4 nitrogen and oxygen atoms in total. The van der Waals surface area contributed by atoms with E-state index < -0.39 is 0 Å². The molecule has 2 aliphatic heterocycles. The van der Waals surface area contributed by atoms with Crippen molar-refractivity contribution in [3.63, 3.8) is 0 Å². The van der Waals surface area contributed by atoms with Gasteiger partial charge < -0.3 is 4.90 Å². The molecule has 1 aromatic heterocycles. The molecule has 3 heterocycles. The molecule has 2 aliphatic rings. The number of nitrogens with one attached hydrogen (secondary N) is 1. The lowest BCUT2D eigenvalue weighted by molar-refractivity contribution is -0.132. The van der Waals surface area contributed by atoms with Crippen LogP contribution in [-0.4, -0.2) is 39.8 Å². The molecule has 0 spiro atoms. The first-order chi connectivity index (χ1) is 11.7. The van der Waals surface area contributed by atoms with Crippen LogP contribution in [0.15, 0.2) is 30.3 Å². The lowest BCUT2D eigenvalue weighted by Gasteiger charge is -2.35. The SMILES string of the molecule is Cc1cc([C@H]2CCCN(C(=O)[C@@H]3SCCc4ccccc43)C2)n[nH]1. The van der Waals surface area contributed by atoms with E-state index in [0.717, 1.165) is 49.5 Å². The predicted molar refractivity (Wildman–Crippen MR) is 97.2 cm³/mol. The monoisotopic (exact) mass is 341 g/mol. The van der Waals surface area contributed by atoms with Crippen LogP contribution in [0.3, 0.4) is 0 Å². The fraction of sp³-hybridized carbons (Fsp3) is 0.474. The average molecular weight is 341 g/mol. The van der Waals surface area contributed by atoms with Crippen molar-refractivity contribution in [2.24, 2.45) is 0 Å². The van der Waals surface area contributed by atoms with Crippen LogP contribution in [0.1, 0.15) is 46.5 Å². The van der Waals surface area contributed by atoms with E-state index in [1.165, 1.54) is 11.1 Å². The van der Waals surface area contributed by atoms with Crippen molar-refractivity contribution in [1.29, 1.82) is 0 Å². The highest BCUT2D eigenvalue weighted by Crippen LogP contribution is 2.39. The molecule has 0 aliphatic carbocycles. The number of aromatic nitrogens is 2. The Balaban J connectivity index is 1.52. The maximum absolute atomic E-state index is 13.2. The summed E-state index contributed by atoms with van der Waals surface area (Å²) >= 11 is 1.80. The molecule has 0 saturated carbocycles. The molecule has 0 bridgehead atoms. The van der Waals surface area contributed by atoms with Gasteiger partial charge in [-0.2, -0.15) is 5.10 Å². The van der Waals surface area contributed by atoms with Gasteiger partial charge in [0.1, 0.15) is 5.25 Å². The summed E-state index contributed by atoms with van der Waals surface area (Å²) in [7, 11) is 0. The first-order valence-electron chi connectivity index (χ1n) is 8.72. The van der Waals surface area contributed by atoms with Crippen molar-refractivity contribution in [3.8, 4) is 0 Å². The van der Waals surface area contributed by atoms with Gasteiger partial charge in [0.25, 0.3) is 0 Å². The predicted octanol–water partition coefficient (Wildman–Crippen LogP) is 3.45. The van der Waals surface area contributed by atoms with Crippen molar-refractivity contribution in [3.05, 3.63) is 52.8 Å². The molecule has 0 radical (unpaired) electrons. The molecule has 1 saturated heterocycles. The van der Waals surface area contributed by atoms with Crippen molar-refractivity contribution in [2.75, 3.05) is 18.8 Å².